The summed E-state index contributed by atoms with van der Waals surface area (Å²) in [7, 11) is 1.18. The molecule has 0 aliphatic carbocycles. The van der Waals surface area contributed by atoms with Crippen molar-refractivity contribution in [1.82, 2.24) is 0 Å². The zero-order valence-electron chi connectivity index (χ0n) is 21.1. The van der Waals surface area contributed by atoms with Crippen molar-refractivity contribution in [1.29, 1.82) is 0 Å². The van der Waals surface area contributed by atoms with E-state index in [2.05, 4.69) is 6.92 Å². The van der Waals surface area contributed by atoms with E-state index in [4.69, 9.17) is 23.6 Å². The molecule has 0 radical (unpaired) electrons. The smallest absolute Gasteiger partial charge is 0.472 e. The van der Waals surface area contributed by atoms with Crippen molar-refractivity contribution in [2.45, 2.75) is 58.5 Å². The molecule has 3 N–H and O–H groups in total. The van der Waals surface area contributed by atoms with Gasteiger partial charge in [-0.25, -0.2) is 4.57 Å². The van der Waals surface area contributed by atoms with Gasteiger partial charge in [0.2, 0.25) is 0 Å². The van der Waals surface area contributed by atoms with E-state index in [-0.39, 0.29) is 25.0 Å². The summed E-state index contributed by atoms with van der Waals surface area (Å²) in [6.45, 7) is 5.49. The maximum absolute atomic E-state index is 12.2. The van der Waals surface area contributed by atoms with Gasteiger partial charge in [-0.15, -0.1) is 0 Å². The van der Waals surface area contributed by atoms with Crippen LogP contribution in [0.15, 0.2) is 18.2 Å². The topological polar surface area (TPSA) is 142 Å². The quantitative estimate of drug-likeness (QED) is 0.170. The number of rotatable bonds is 18. The summed E-state index contributed by atoms with van der Waals surface area (Å²) in [4.78, 5) is 21.0. The van der Waals surface area contributed by atoms with Crippen LogP contribution in [0, 0.1) is 6.92 Å². The molecule has 34 heavy (non-hydrogen) atoms. The van der Waals surface area contributed by atoms with E-state index in [9.17, 15) is 14.3 Å². The van der Waals surface area contributed by atoms with Crippen LogP contribution in [0.4, 0.5) is 0 Å². The second-order valence-electron chi connectivity index (χ2n) is 9.19. The minimum absolute atomic E-state index is 0. The highest BCUT2D eigenvalue weighted by molar-refractivity contribution is 7.47. The van der Waals surface area contributed by atoms with E-state index in [0.29, 0.717) is 30.5 Å². The second kappa shape index (κ2) is 16.1. The first-order chi connectivity index (χ1) is 15.4. The van der Waals surface area contributed by atoms with Crippen molar-refractivity contribution in [3.63, 3.8) is 0 Å². The van der Waals surface area contributed by atoms with Crippen molar-refractivity contribution in [2.24, 2.45) is 0 Å². The van der Waals surface area contributed by atoms with Gasteiger partial charge in [0.25, 0.3) is 0 Å². The molecule has 11 heteroatoms. The number of aryl methyl sites for hydroxylation is 1. The lowest BCUT2D eigenvalue weighted by molar-refractivity contribution is -0.873. The molecule has 1 rings (SSSR count). The summed E-state index contributed by atoms with van der Waals surface area (Å²) in [5, 5.41) is 9.02. The van der Waals surface area contributed by atoms with E-state index >= 15 is 0 Å². The highest BCUT2D eigenvalue weighted by Gasteiger charge is 2.31. The molecule has 0 heterocycles. The van der Waals surface area contributed by atoms with Crippen LogP contribution < -0.4 is 9.47 Å². The first-order valence-corrected chi connectivity index (χ1v) is 12.9. The molecule has 0 amide bonds. The Bertz CT molecular complexity index is 767. The molecule has 0 bridgehead atoms. The zero-order valence-corrected chi connectivity index (χ0v) is 22.0. The number of hydrogen-bond acceptors (Lipinski definition) is 7. The van der Waals surface area contributed by atoms with E-state index in [0.717, 1.165) is 36.3 Å². The fourth-order valence-corrected chi connectivity index (χ4v) is 4.10. The van der Waals surface area contributed by atoms with Gasteiger partial charge in [0.15, 0.2) is 0 Å². The number of likely N-dealkylation sites (N-methyl/N-ethyl adjacent to an activating group) is 1. The number of ether oxygens (including phenoxy) is 2. The number of hydrogen-bond donors (Lipinski definition) is 2. The molecule has 198 valence electrons. The third kappa shape index (κ3) is 16.0. The van der Waals surface area contributed by atoms with Crippen LogP contribution in [0.3, 0.4) is 0 Å². The predicted molar refractivity (Wildman–Crippen MR) is 129 cm³/mol. The summed E-state index contributed by atoms with van der Waals surface area (Å²) in [6, 6.07) is 5.77. The first kappa shape index (κ1) is 32.3. The van der Waals surface area contributed by atoms with Crippen molar-refractivity contribution in [2.75, 3.05) is 47.5 Å². The van der Waals surface area contributed by atoms with Gasteiger partial charge in [-0.2, -0.15) is 0 Å². The maximum atomic E-state index is 12.2. The molecule has 1 aromatic rings. The van der Waals surface area contributed by atoms with Gasteiger partial charge in [0.1, 0.15) is 24.1 Å². The summed E-state index contributed by atoms with van der Waals surface area (Å²) >= 11 is 0. The first-order valence-electron chi connectivity index (χ1n) is 11.5. The van der Waals surface area contributed by atoms with E-state index < -0.39 is 19.9 Å². The predicted octanol–water partition coefficient (Wildman–Crippen LogP) is 4.23. The van der Waals surface area contributed by atoms with E-state index in [1.807, 2.05) is 46.3 Å². The number of aliphatic carboxylic acids is 1. The van der Waals surface area contributed by atoms with Crippen LogP contribution in [0.1, 0.15) is 51.0 Å². The third-order valence-electron chi connectivity index (χ3n) is 4.54. The fourth-order valence-electron chi connectivity index (χ4n) is 3.16. The lowest BCUT2D eigenvalue weighted by Crippen LogP contribution is -2.42. The maximum Gasteiger partial charge on any atom is 0.472 e. The number of carbonyl (C=O) groups is 1. The average Bonchev–Trinajstić information content (AvgIpc) is 2.65. The molecule has 10 nitrogen and oxygen atoms in total. The van der Waals surface area contributed by atoms with Gasteiger partial charge < -0.3 is 29.4 Å². The Kier molecular flexibility index (Phi) is 15.3. The lowest BCUT2D eigenvalue weighted by Gasteiger charge is -2.29. The van der Waals surface area contributed by atoms with Crippen LogP contribution in [-0.4, -0.2) is 79.5 Å². The Hall–Kier alpha value is -1.68. The third-order valence-corrected chi connectivity index (χ3v) is 5.61. The Morgan fingerprint density at radius 2 is 1.53 bits per heavy atom. The fraction of sp³-hybridized carbons (Fsp3) is 0.696. The Balaban J connectivity index is 0.0000109. The largest absolute Gasteiger partial charge is 0.870 e. The molecular formula is C23H42NO9P. The van der Waals surface area contributed by atoms with Gasteiger partial charge >= 0.3 is 13.8 Å². The van der Waals surface area contributed by atoms with Crippen molar-refractivity contribution >= 4 is 13.8 Å². The minimum atomic E-state index is -4.36. The summed E-state index contributed by atoms with van der Waals surface area (Å²) < 4.78 is 34.3. The molecule has 1 aromatic carbocycles. The molecule has 0 spiro atoms. The van der Waals surface area contributed by atoms with Crippen molar-refractivity contribution in [3.8, 4) is 11.5 Å². The molecule has 2 atom stereocenters. The van der Waals surface area contributed by atoms with Crippen LogP contribution >= 0.6 is 7.82 Å². The number of phosphoric acid groups is 1. The van der Waals surface area contributed by atoms with E-state index in [1.165, 1.54) is 0 Å². The van der Waals surface area contributed by atoms with Crippen LogP contribution in [0.5, 0.6) is 11.5 Å². The normalized spacial score (nSPS) is 14.1. The molecule has 0 fully saturated rings. The van der Waals surface area contributed by atoms with Crippen molar-refractivity contribution < 1.29 is 47.8 Å². The highest BCUT2D eigenvalue weighted by Crippen LogP contribution is 2.45. The number of phosphoric ester groups is 1. The van der Waals surface area contributed by atoms with Gasteiger partial charge in [-0.05, 0) is 43.9 Å². The number of unbranched alkanes of at least 4 members (excludes halogenated alkanes) is 3. The Morgan fingerprint density at radius 3 is 2.03 bits per heavy atom. The summed E-state index contributed by atoms with van der Waals surface area (Å²) in [6.07, 6.45) is 3.09. The second-order valence-corrected chi connectivity index (χ2v) is 10.6. The number of carboxylic acid groups (broad SMARTS) is 1. The van der Waals surface area contributed by atoms with Crippen molar-refractivity contribution in [3.05, 3.63) is 23.8 Å². The zero-order chi connectivity index (χ0) is 24.9. The highest BCUT2D eigenvalue weighted by atomic mass is 31.2. The van der Waals surface area contributed by atoms with Crippen LogP contribution in [-0.2, 0) is 18.4 Å². The standard InChI is InChI=1S/C23H40NO8P.H2O/c1-6-7-8-11-29-20-14-19(2)15-21(16-20)30-12-9-10-13-31-33(27,28)32-22(17-23(25)26)18-24(3,4)5;/h14-16,22H,6-13,17-18H2,1-5H3,(H-,25,26,27,28);1H2. The van der Waals surface area contributed by atoms with Gasteiger partial charge in [-0.3, -0.25) is 13.8 Å². The Labute approximate surface area is 203 Å². The summed E-state index contributed by atoms with van der Waals surface area (Å²) in [5.74, 6) is 0.401. The SMILES string of the molecule is CCCCCOc1cc(C)cc(OCCCCOP(=O)(O)OC(CC(=O)O)C[N+](C)(C)C)c1.[OH-]. The number of quaternary nitrogens is 1. The Morgan fingerprint density at radius 1 is 1.00 bits per heavy atom. The molecular weight excluding hydrogens is 465 g/mol. The molecule has 2 unspecified atom stereocenters. The van der Waals surface area contributed by atoms with Gasteiger partial charge in [0, 0.05) is 6.07 Å². The summed E-state index contributed by atoms with van der Waals surface area (Å²) in [5.41, 5.74) is 1.05. The minimum Gasteiger partial charge on any atom is -0.870 e. The molecule has 0 saturated heterocycles. The number of nitrogens with zero attached hydrogens (tertiary/aromatic N) is 1. The van der Waals surface area contributed by atoms with E-state index in [1.54, 1.807) is 0 Å². The lowest BCUT2D eigenvalue weighted by atomic mass is 10.2. The monoisotopic (exact) mass is 507 g/mol. The number of carboxylic acids is 1. The average molecular weight is 508 g/mol. The van der Waals surface area contributed by atoms with Gasteiger partial charge in [0.05, 0.1) is 47.4 Å². The van der Waals surface area contributed by atoms with Crippen LogP contribution in [0.25, 0.3) is 0 Å². The molecule has 0 saturated carbocycles. The number of benzene rings is 1. The molecule has 0 aromatic heterocycles. The van der Waals surface area contributed by atoms with Crippen LogP contribution in [0.2, 0.25) is 0 Å². The van der Waals surface area contributed by atoms with Gasteiger partial charge in [-0.1, -0.05) is 19.8 Å². The molecule has 0 aliphatic rings. The molecule has 0 aliphatic heterocycles.